The normalized spacial score (nSPS) is 17.5. The highest BCUT2D eigenvalue weighted by Crippen LogP contribution is 2.33. The topological polar surface area (TPSA) is 23.6 Å². The van der Waals surface area contributed by atoms with Gasteiger partial charge < -0.3 is 9.80 Å². The Hall–Kier alpha value is -2.29. The first-order valence-electron chi connectivity index (χ1n) is 7.80. The molecule has 0 saturated carbocycles. The fourth-order valence-electron chi connectivity index (χ4n) is 3.11. The molecule has 0 spiro atoms. The molecule has 1 heterocycles. The van der Waals surface area contributed by atoms with Crippen LogP contribution in [0.4, 0.5) is 5.69 Å². The van der Waals surface area contributed by atoms with E-state index in [1.165, 1.54) is 5.56 Å². The quantitative estimate of drug-likeness (QED) is 0.861. The summed E-state index contributed by atoms with van der Waals surface area (Å²) >= 11 is 0. The lowest BCUT2D eigenvalue weighted by molar-refractivity contribution is 0.0735. The van der Waals surface area contributed by atoms with Crippen molar-refractivity contribution >= 4 is 11.6 Å². The summed E-state index contributed by atoms with van der Waals surface area (Å²) in [6.45, 7) is 0.838. The van der Waals surface area contributed by atoms with Crippen LogP contribution in [0.5, 0.6) is 0 Å². The van der Waals surface area contributed by atoms with Gasteiger partial charge in [-0.2, -0.15) is 0 Å². The predicted octanol–water partition coefficient (Wildman–Crippen LogP) is 3.73. The van der Waals surface area contributed by atoms with Crippen LogP contribution in [-0.4, -0.2) is 31.4 Å². The fourth-order valence-corrected chi connectivity index (χ4v) is 3.11. The lowest BCUT2D eigenvalue weighted by atomic mass is 10.0. The molecule has 114 valence electrons. The van der Waals surface area contributed by atoms with Gasteiger partial charge in [0.25, 0.3) is 5.91 Å². The highest BCUT2D eigenvalue weighted by molar-refractivity contribution is 5.95. The Labute approximate surface area is 132 Å². The average Bonchev–Trinajstić information content (AvgIpc) is 3.04. The highest BCUT2D eigenvalue weighted by Gasteiger charge is 2.30. The summed E-state index contributed by atoms with van der Waals surface area (Å²) in [7, 11) is 3.98. The first-order valence-corrected chi connectivity index (χ1v) is 7.80. The van der Waals surface area contributed by atoms with Crippen molar-refractivity contribution in [3.05, 3.63) is 65.7 Å². The molecule has 0 radical (unpaired) electrons. The van der Waals surface area contributed by atoms with Crippen LogP contribution in [0, 0.1) is 0 Å². The molecule has 2 aromatic rings. The van der Waals surface area contributed by atoms with Gasteiger partial charge in [0.15, 0.2) is 0 Å². The van der Waals surface area contributed by atoms with Crippen LogP contribution in [-0.2, 0) is 0 Å². The molecule has 1 aliphatic heterocycles. The monoisotopic (exact) mass is 294 g/mol. The molecular weight excluding hydrogens is 272 g/mol. The van der Waals surface area contributed by atoms with Crippen LogP contribution in [0.3, 0.4) is 0 Å². The Balaban J connectivity index is 1.86. The second kappa shape index (κ2) is 6.22. The molecule has 0 bridgehead atoms. The van der Waals surface area contributed by atoms with Crippen molar-refractivity contribution in [2.45, 2.75) is 18.9 Å². The highest BCUT2D eigenvalue weighted by atomic mass is 16.2. The third-order valence-electron chi connectivity index (χ3n) is 4.31. The van der Waals surface area contributed by atoms with E-state index in [0.29, 0.717) is 0 Å². The summed E-state index contributed by atoms with van der Waals surface area (Å²) in [5, 5.41) is 0. The van der Waals surface area contributed by atoms with E-state index in [0.717, 1.165) is 30.6 Å². The second-order valence-corrected chi connectivity index (χ2v) is 6.01. The van der Waals surface area contributed by atoms with Crippen LogP contribution in [0.2, 0.25) is 0 Å². The second-order valence-electron chi connectivity index (χ2n) is 6.01. The van der Waals surface area contributed by atoms with E-state index in [9.17, 15) is 4.79 Å². The van der Waals surface area contributed by atoms with E-state index in [2.05, 4.69) is 12.1 Å². The van der Waals surface area contributed by atoms with Crippen LogP contribution < -0.4 is 4.90 Å². The first kappa shape index (κ1) is 14.6. The molecule has 1 aliphatic rings. The number of likely N-dealkylation sites (tertiary alicyclic amines) is 1. The predicted molar refractivity (Wildman–Crippen MR) is 90.2 cm³/mol. The number of rotatable bonds is 3. The molecule has 1 atom stereocenters. The molecule has 0 aromatic heterocycles. The third kappa shape index (κ3) is 2.84. The van der Waals surface area contributed by atoms with E-state index in [1.54, 1.807) is 0 Å². The minimum Gasteiger partial charge on any atom is -0.378 e. The lowest BCUT2D eigenvalue weighted by Gasteiger charge is -2.25. The van der Waals surface area contributed by atoms with Gasteiger partial charge >= 0.3 is 0 Å². The number of nitrogens with zero attached hydrogens (tertiary/aromatic N) is 2. The minimum absolute atomic E-state index is 0.134. The van der Waals surface area contributed by atoms with Crippen LogP contribution in [0.1, 0.15) is 34.8 Å². The molecule has 3 rings (SSSR count). The molecule has 22 heavy (non-hydrogen) atoms. The Morgan fingerprint density at radius 1 is 1.09 bits per heavy atom. The van der Waals surface area contributed by atoms with Crippen LogP contribution >= 0.6 is 0 Å². The van der Waals surface area contributed by atoms with E-state index in [1.807, 2.05) is 66.4 Å². The van der Waals surface area contributed by atoms with Gasteiger partial charge in [0.05, 0.1) is 6.04 Å². The zero-order valence-electron chi connectivity index (χ0n) is 13.2. The maximum Gasteiger partial charge on any atom is 0.254 e. The van der Waals surface area contributed by atoms with Crippen molar-refractivity contribution in [2.24, 2.45) is 0 Å². The Bertz CT molecular complexity index is 651. The van der Waals surface area contributed by atoms with Gasteiger partial charge in [0, 0.05) is 31.9 Å². The Kier molecular flexibility index (Phi) is 4.14. The number of anilines is 1. The number of hydrogen-bond donors (Lipinski definition) is 0. The van der Waals surface area contributed by atoms with Crippen molar-refractivity contribution in [1.29, 1.82) is 0 Å². The Morgan fingerprint density at radius 3 is 2.59 bits per heavy atom. The summed E-state index contributed by atoms with van der Waals surface area (Å²) in [6.07, 6.45) is 2.11. The largest absolute Gasteiger partial charge is 0.378 e. The number of carbonyl (C=O) groups is 1. The molecule has 0 aliphatic carbocycles. The summed E-state index contributed by atoms with van der Waals surface area (Å²) in [6, 6.07) is 18.4. The van der Waals surface area contributed by atoms with Crippen molar-refractivity contribution in [3.63, 3.8) is 0 Å². The number of carbonyl (C=O) groups excluding carboxylic acids is 1. The van der Waals surface area contributed by atoms with Gasteiger partial charge in [-0.1, -0.05) is 36.4 Å². The SMILES string of the molecule is CN(C)c1cccc(C(=O)N2CCCC2c2ccccc2)c1. The molecule has 1 amide bonds. The summed E-state index contributed by atoms with van der Waals surface area (Å²) in [4.78, 5) is 17.0. The van der Waals surface area contributed by atoms with E-state index in [4.69, 9.17) is 0 Å². The maximum absolute atomic E-state index is 12.9. The summed E-state index contributed by atoms with van der Waals surface area (Å²) in [5.41, 5.74) is 3.06. The summed E-state index contributed by atoms with van der Waals surface area (Å²) < 4.78 is 0. The molecule has 1 unspecified atom stereocenters. The van der Waals surface area contributed by atoms with Gasteiger partial charge in [-0.25, -0.2) is 0 Å². The smallest absolute Gasteiger partial charge is 0.254 e. The van der Waals surface area contributed by atoms with Crippen LogP contribution in [0.15, 0.2) is 54.6 Å². The lowest BCUT2D eigenvalue weighted by Crippen LogP contribution is -2.30. The zero-order chi connectivity index (χ0) is 15.5. The van der Waals surface area contributed by atoms with Gasteiger partial charge in [-0.3, -0.25) is 4.79 Å². The first-order chi connectivity index (χ1) is 10.7. The van der Waals surface area contributed by atoms with E-state index >= 15 is 0 Å². The molecule has 1 saturated heterocycles. The molecular formula is C19H22N2O. The number of hydrogen-bond acceptors (Lipinski definition) is 2. The van der Waals surface area contributed by atoms with Gasteiger partial charge in [-0.05, 0) is 36.6 Å². The van der Waals surface area contributed by atoms with Gasteiger partial charge in [-0.15, -0.1) is 0 Å². The zero-order valence-corrected chi connectivity index (χ0v) is 13.2. The standard InChI is InChI=1S/C19H22N2O/c1-20(2)17-11-6-10-16(14-17)19(22)21-13-7-12-18(21)15-8-4-3-5-9-15/h3-6,8-11,14,18H,7,12-13H2,1-2H3. The average molecular weight is 294 g/mol. The van der Waals surface area contributed by atoms with Gasteiger partial charge in [0.1, 0.15) is 0 Å². The van der Waals surface area contributed by atoms with Crippen molar-refractivity contribution in [1.82, 2.24) is 4.90 Å². The number of amides is 1. The van der Waals surface area contributed by atoms with E-state index < -0.39 is 0 Å². The molecule has 3 nitrogen and oxygen atoms in total. The molecule has 2 aromatic carbocycles. The maximum atomic E-state index is 12.9. The molecule has 1 fully saturated rings. The molecule has 0 N–H and O–H groups in total. The van der Waals surface area contributed by atoms with Crippen molar-refractivity contribution < 1.29 is 4.79 Å². The summed E-state index contributed by atoms with van der Waals surface area (Å²) in [5.74, 6) is 0.134. The third-order valence-corrected chi connectivity index (χ3v) is 4.31. The number of benzene rings is 2. The molecule has 3 heteroatoms. The fraction of sp³-hybridized carbons (Fsp3) is 0.316. The van der Waals surface area contributed by atoms with Gasteiger partial charge in [0.2, 0.25) is 0 Å². The van der Waals surface area contributed by atoms with Crippen molar-refractivity contribution in [2.75, 3.05) is 25.5 Å². The van der Waals surface area contributed by atoms with Crippen LogP contribution in [0.25, 0.3) is 0 Å². The Morgan fingerprint density at radius 2 is 1.86 bits per heavy atom. The minimum atomic E-state index is 0.134. The van der Waals surface area contributed by atoms with Crippen molar-refractivity contribution in [3.8, 4) is 0 Å². The van der Waals surface area contributed by atoms with E-state index in [-0.39, 0.29) is 11.9 Å².